The number of rotatable bonds is 8. The van der Waals surface area contributed by atoms with E-state index < -0.39 is 9.84 Å². The summed E-state index contributed by atoms with van der Waals surface area (Å²) >= 11 is 0. The summed E-state index contributed by atoms with van der Waals surface area (Å²) in [6.45, 7) is 4.20. The fourth-order valence-electron chi connectivity index (χ4n) is 2.40. The molecule has 0 atom stereocenters. The van der Waals surface area contributed by atoms with E-state index in [-0.39, 0.29) is 0 Å². The summed E-state index contributed by atoms with van der Waals surface area (Å²) in [5.41, 5.74) is 2.10. The Kier molecular flexibility index (Phi) is 7.59. The molecule has 26 heavy (non-hydrogen) atoms. The molecule has 0 fully saturated rings. The predicted molar refractivity (Wildman–Crippen MR) is 105 cm³/mol. The summed E-state index contributed by atoms with van der Waals surface area (Å²) in [5.74, 6) is 0.774. The van der Waals surface area contributed by atoms with Crippen LogP contribution in [0, 0.1) is 0 Å². The smallest absolute Gasteiger partial charge is 0.191 e. The summed E-state index contributed by atoms with van der Waals surface area (Å²) in [5, 5.41) is 6.52. The molecule has 1 heterocycles. The first-order chi connectivity index (χ1) is 12.5. The van der Waals surface area contributed by atoms with Crippen LogP contribution in [0.25, 0.3) is 0 Å². The maximum Gasteiger partial charge on any atom is 0.191 e. The Morgan fingerprint density at radius 1 is 1.08 bits per heavy atom. The minimum absolute atomic E-state index is 0.346. The van der Waals surface area contributed by atoms with Crippen LogP contribution in [0.15, 0.2) is 58.5 Å². The Morgan fingerprint density at radius 3 is 2.46 bits per heavy atom. The number of aromatic nitrogens is 1. The summed E-state index contributed by atoms with van der Waals surface area (Å²) in [4.78, 5) is 9.20. The van der Waals surface area contributed by atoms with Crippen molar-refractivity contribution in [1.82, 2.24) is 15.6 Å². The van der Waals surface area contributed by atoms with Gasteiger partial charge in [0.1, 0.15) is 0 Å². The van der Waals surface area contributed by atoms with Gasteiger partial charge in [-0.15, -0.1) is 0 Å². The number of hydrogen-bond acceptors (Lipinski definition) is 4. The molecular formula is C19H26N4O2S. The van der Waals surface area contributed by atoms with E-state index >= 15 is 0 Å². The quantitative estimate of drug-likeness (QED) is 0.544. The van der Waals surface area contributed by atoms with Crippen LogP contribution in [0.1, 0.15) is 18.2 Å². The average Bonchev–Trinajstić information content (AvgIpc) is 2.62. The molecule has 0 spiro atoms. The van der Waals surface area contributed by atoms with Crippen molar-refractivity contribution in [2.24, 2.45) is 4.99 Å². The van der Waals surface area contributed by atoms with Crippen LogP contribution in [0.5, 0.6) is 0 Å². The van der Waals surface area contributed by atoms with Crippen LogP contribution in [0.3, 0.4) is 0 Å². The van der Waals surface area contributed by atoms with E-state index in [0.29, 0.717) is 18.0 Å². The third-order valence-electron chi connectivity index (χ3n) is 3.77. The van der Waals surface area contributed by atoms with Gasteiger partial charge in [0.05, 0.1) is 4.90 Å². The molecule has 1 aromatic heterocycles. The second kappa shape index (κ2) is 9.91. The highest BCUT2D eigenvalue weighted by atomic mass is 32.2. The molecule has 0 aliphatic rings. The van der Waals surface area contributed by atoms with Gasteiger partial charge >= 0.3 is 0 Å². The van der Waals surface area contributed by atoms with Crippen LogP contribution in [0.2, 0.25) is 0 Å². The first kappa shape index (κ1) is 19.9. The number of benzene rings is 1. The topological polar surface area (TPSA) is 83.4 Å². The number of nitrogens with one attached hydrogen (secondary N) is 2. The first-order valence-electron chi connectivity index (χ1n) is 8.70. The first-order valence-corrected chi connectivity index (χ1v) is 10.6. The van der Waals surface area contributed by atoms with Gasteiger partial charge in [0.25, 0.3) is 0 Å². The zero-order valence-electron chi connectivity index (χ0n) is 15.3. The SMILES string of the molecule is CCNC(=NCCc1ccccn1)NCCc1ccc(S(C)(=O)=O)cc1. The van der Waals surface area contributed by atoms with Crippen LogP contribution in [-0.2, 0) is 22.7 Å². The van der Waals surface area contributed by atoms with Crippen molar-refractivity contribution in [3.8, 4) is 0 Å². The Labute approximate surface area is 155 Å². The summed E-state index contributed by atoms with van der Waals surface area (Å²) < 4.78 is 23.0. The van der Waals surface area contributed by atoms with Gasteiger partial charge < -0.3 is 10.6 Å². The lowest BCUT2D eigenvalue weighted by Gasteiger charge is -2.11. The lowest BCUT2D eigenvalue weighted by molar-refractivity contribution is 0.602. The highest BCUT2D eigenvalue weighted by Crippen LogP contribution is 2.10. The van der Waals surface area contributed by atoms with E-state index in [1.54, 1.807) is 18.3 Å². The average molecular weight is 375 g/mol. The third-order valence-corrected chi connectivity index (χ3v) is 4.89. The Balaban J connectivity index is 1.83. The highest BCUT2D eigenvalue weighted by molar-refractivity contribution is 7.90. The number of nitrogens with zero attached hydrogens (tertiary/aromatic N) is 2. The zero-order chi connectivity index (χ0) is 18.8. The number of guanidine groups is 1. The summed E-state index contributed by atoms with van der Waals surface area (Å²) in [7, 11) is -3.14. The molecule has 2 rings (SSSR count). The minimum atomic E-state index is -3.14. The molecule has 0 saturated carbocycles. The second-order valence-electron chi connectivity index (χ2n) is 5.92. The second-order valence-corrected chi connectivity index (χ2v) is 7.94. The predicted octanol–water partition coefficient (Wildman–Crippen LogP) is 1.83. The van der Waals surface area contributed by atoms with Gasteiger partial charge in [-0.2, -0.15) is 0 Å². The molecule has 0 aliphatic heterocycles. The van der Waals surface area contributed by atoms with Gasteiger partial charge in [-0.05, 0) is 43.2 Å². The van der Waals surface area contributed by atoms with Crippen LogP contribution in [-0.4, -0.2) is 45.3 Å². The molecule has 140 valence electrons. The number of hydrogen-bond donors (Lipinski definition) is 2. The highest BCUT2D eigenvalue weighted by Gasteiger charge is 2.06. The van der Waals surface area contributed by atoms with E-state index in [2.05, 4.69) is 20.6 Å². The maximum absolute atomic E-state index is 11.5. The molecule has 7 heteroatoms. The lowest BCUT2D eigenvalue weighted by atomic mass is 10.1. The zero-order valence-corrected chi connectivity index (χ0v) is 16.1. The van der Waals surface area contributed by atoms with Crippen LogP contribution < -0.4 is 10.6 Å². The Bertz CT molecular complexity index is 803. The third kappa shape index (κ3) is 6.84. The van der Waals surface area contributed by atoms with Crippen molar-refractivity contribution in [3.63, 3.8) is 0 Å². The van der Waals surface area contributed by atoms with Gasteiger partial charge in [0, 0.05) is 44.2 Å². The Hall–Kier alpha value is -2.41. The van der Waals surface area contributed by atoms with Gasteiger partial charge in [0.2, 0.25) is 0 Å². The van der Waals surface area contributed by atoms with Crippen LogP contribution >= 0.6 is 0 Å². The number of sulfone groups is 1. The van der Waals surface area contributed by atoms with Crippen molar-refractivity contribution in [2.75, 3.05) is 25.9 Å². The van der Waals surface area contributed by atoms with E-state index in [9.17, 15) is 8.42 Å². The van der Waals surface area contributed by atoms with Crippen molar-refractivity contribution in [3.05, 3.63) is 59.9 Å². The standard InChI is InChI=1S/C19H26N4O2S/c1-3-20-19(23-15-12-17-6-4-5-13-21-17)22-14-11-16-7-9-18(10-8-16)26(2,24)25/h4-10,13H,3,11-12,14-15H2,1-2H3,(H2,20,22,23). The van der Waals surface area contributed by atoms with Gasteiger partial charge in [-0.3, -0.25) is 9.98 Å². The molecule has 0 saturated heterocycles. The molecule has 0 radical (unpaired) electrons. The van der Waals surface area contributed by atoms with Crippen molar-refractivity contribution >= 4 is 15.8 Å². The fourth-order valence-corrected chi connectivity index (χ4v) is 3.03. The summed E-state index contributed by atoms with van der Waals surface area (Å²) in [6, 6.07) is 12.9. The molecule has 1 aromatic carbocycles. The molecule has 2 N–H and O–H groups in total. The molecule has 0 aliphatic carbocycles. The minimum Gasteiger partial charge on any atom is -0.357 e. The molecule has 0 unspecified atom stereocenters. The summed E-state index contributed by atoms with van der Waals surface area (Å²) in [6.07, 6.45) is 4.59. The van der Waals surface area contributed by atoms with Crippen molar-refractivity contribution in [2.45, 2.75) is 24.7 Å². The van der Waals surface area contributed by atoms with Gasteiger partial charge in [-0.1, -0.05) is 18.2 Å². The molecular weight excluding hydrogens is 348 g/mol. The van der Waals surface area contributed by atoms with E-state index in [4.69, 9.17) is 0 Å². The van der Waals surface area contributed by atoms with E-state index in [1.165, 1.54) is 6.26 Å². The van der Waals surface area contributed by atoms with Gasteiger partial charge in [0.15, 0.2) is 15.8 Å². The molecule has 0 bridgehead atoms. The normalized spacial score (nSPS) is 12.0. The van der Waals surface area contributed by atoms with Crippen molar-refractivity contribution in [1.29, 1.82) is 0 Å². The van der Waals surface area contributed by atoms with Crippen molar-refractivity contribution < 1.29 is 8.42 Å². The molecule has 2 aromatic rings. The molecule has 0 amide bonds. The van der Waals surface area contributed by atoms with Gasteiger partial charge in [-0.25, -0.2) is 8.42 Å². The fraction of sp³-hybridized carbons (Fsp3) is 0.368. The molecule has 6 nitrogen and oxygen atoms in total. The van der Waals surface area contributed by atoms with Crippen LogP contribution in [0.4, 0.5) is 0 Å². The number of pyridine rings is 1. The lowest BCUT2D eigenvalue weighted by Crippen LogP contribution is -2.38. The number of aliphatic imine (C=N–C) groups is 1. The monoisotopic (exact) mass is 374 g/mol. The maximum atomic E-state index is 11.5. The Morgan fingerprint density at radius 2 is 1.85 bits per heavy atom. The van der Waals surface area contributed by atoms with E-state index in [1.807, 2.05) is 37.3 Å². The van der Waals surface area contributed by atoms with E-state index in [0.717, 1.165) is 36.6 Å². The largest absolute Gasteiger partial charge is 0.357 e.